The van der Waals surface area contributed by atoms with Gasteiger partial charge in [0.2, 0.25) is 0 Å². The van der Waals surface area contributed by atoms with Gasteiger partial charge in [0.05, 0.1) is 36.8 Å². The molecule has 34 heavy (non-hydrogen) atoms. The standard InChI is InChI=1S/C22H20ClN5O4S.ClH/c1-13-2-3-15(12-18(13)23)27-21(30)17(20(29)25-22(27)33)11-14-10-16(28(31)32)4-5-19(14)26-8-6-24-7-9-26;/h2-5,10-12,24H,6-9H2,1H3,(H,25,29,33);1H/b17-11-;. The van der Waals surface area contributed by atoms with Crippen molar-refractivity contribution in [2.24, 2.45) is 0 Å². The molecule has 2 heterocycles. The van der Waals surface area contributed by atoms with E-state index in [2.05, 4.69) is 15.5 Å². The lowest BCUT2D eigenvalue weighted by atomic mass is 10.0. The Morgan fingerprint density at radius 1 is 1.18 bits per heavy atom. The number of anilines is 2. The van der Waals surface area contributed by atoms with E-state index in [4.69, 9.17) is 23.8 Å². The Morgan fingerprint density at radius 2 is 1.88 bits per heavy atom. The maximum absolute atomic E-state index is 13.4. The molecule has 0 radical (unpaired) electrons. The summed E-state index contributed by atoms with van der Waals surface area (Å²) in [7, 11) is 0. The predicted molar refractivity (Wildman–Crippen MR) is 129 cm³/mol. The Kier molecular flexibility index (Phi) is 7.88. The number of nitrogens with one attached hydrogen (secondary N) is 1. The SMILES string of the molecule is Cc1ccc(N2C(=O)/C(=C\c3cc([N+](=O)[O-])ccc3N3CC[NH2+]CC3)C(=O)NC2=S)cc1Cl.[Cl-]. The van der Waals surface area contributed by atoms with Crippen LogP contribution in [0.25, 0.3) is 6.08 Å². The van der Waals surface area contributed by atoms with Gasteiger partial charge in [-0.2, -0.15) is 0 Å². The van der Waals surface area contributed by atoms with E-state index in [9.17, 15) is 19.7 Å². The molecule has 0 aliphatic carbocycles. The number of aryl methyl sites for hydroxylation is 1. The fraction of sp³-hybridized carbons (Fsp3) is 0.227. The topological polar surface area (TPSA) is 112 Å². The Bertz CT molecular complexity index is 1210. The summed E-state index contributed by atoms with van der Waals surface area (Å²) in [4.78, 5) is 40.3. The summed E-state index contributed by atoms with van der Waals surface area (Å²) in [6.07, 6.45) is 1.39. The zero-order valence-corrected chi connectivity index (χ0v) is 20.4. The van der Waals surface area contributed by atoms with Crippen LogP contribution in [-0.2, 0) is 9.59 Å². The summed E-state index contributed by atoms with van der Waals surface area (Å²) in [5, 5.41) is 16.5. The molecule has 2 saturated heterocycles. The molecule has 0 aromatic heterocycles. The average molecular weight is 522 g/mol. The molecule has 2 fully saturated rings. The zero-order chi connectivity index (χ0) is 23.7. The van der Waals surface area contributed by atoms with Gasteiger partial charge in [0.1, 0.15) is 5.57 Å². The van der Waals surface area contributed by atoms with Crippen molar-refractivity contribution in [3.63, 3.8) is 0 Å². The quantitative estimate of drug-likeness (QED) is 0.171. The number of amides is 2. The molecule has 2 aromatic carbocycles. The smallest absolute Gasteiger partial charge is 0.270 e. The number of piperazine rings is 1. The molecule has 2 aromatic rings. The van der Waals surface area contributed by atoms with Crippen LogP contribution in [0.1, 0.15) is 11.1 Å². The number of hydrogen-bond donors (Lipinski definition) is 2. The average Bonchev–Trinajstić information content (AvgIpc) is 2.79. The third-order valence-electron chi connectivity index (χ3n) is 5.58. The van der Waals surface area contributed by atoms with E-state index in [1.807, 2.05) is 6.92 Å². The van der Waals surface area contributed by atoms with E-state index in [-0.39, 0.29) is 28.8 Å². The van der Waals surface area contributed by atoms with Crippen LogP contribution in [0.3, 0.4) is 0 Å². The second-order valence-corrected chi connectivity index (χ2v) is 8.54. The molecule has 12 heteroatoms. The van der Waals surface area contributed by atoms with Crippen molar-refractivity contribution in [1.82, 2.24) is 5.32 Å². The molecule has 3 N–H and O–H groups in total. The minimum atomic E-state index is -0.663. The van der Waals surface area contributed by atoms with E-state index >= 15 is 0 Å². The highest BCUT2D eigenvalue weighted by Crippen LogP contribution is 2.30. The van der Waals surface area contributed by atoms with Gasteiger partial charge in [0, 0.05) is 28.4 Å². The molecule has 9 nitrogen and oxygen atoms in total. The fourth-order valence-corrected chi connectivity index (χ4v) is 4.27. The lowest BCUT2D eigenvalue weighted by Gasteiger charge is -2.30. The molecule has 2 amide bonds. The molecule has 0 spiro atoms. The number of halogens is 2. The molecule has 178 valence electrons. The van der Waals surface area contributed by atoms with Crippen LogP contribution < -0.4 is 32.8 Å². The van der Waals surface area contributed by atoms with Crippen molar-refractivity contribution in [2.75, 3.05) is 36.0 Å². The number of non-ortho nitro benzene ring substituents is 1. The van der Waals surface area contributed by atoms with Crippen LogP contribution in [-0.4, -0.2) is 48.0 Å². The van der Waals surface area contributed by atoms with Crippen molar-refractivity contribution >= 4 is 63.9 Å². The summed E-state index contributed by atoms with van der Waals surface area (Å²) in [6, 6.07) is 9.49. The lowest BCUT2D eigenvalue weighted by molar-refractivity contribution is -0.655. The molecular formula is C22H21Cl2N5O4S. The number of nitro benzene ring substituents is 1. The molecule has 0 bridgehead atoms. The first kappa shape index (κ1) is 25.6. The summed E-state index contributed by atoms with van der Waals surface area (Å²) in [6.45, 7) is 5.07. The maximum atomic E-state index is 13.4. The van der Waals surface area contributed by atoms with Crippen molar-refractivity contribution in [3.8, 4) is 0 Å². The van der Waals surface area contributed by atoms with E-state index in [1.165, 1.54) is 23.1 Å². The van der Waals surface area contributed by atoms with Crippen LogP contribution in [0.2, 0.25) is 5.02 Å². The summed E-state index contributed by atoms with van der Waals surface area (Å²) < 4.78 is 0. The number of benzene rings is 2. The first-order chi connectivity index (χ1) is 15.8. The van der Waals surface area contributed by atoms with Gasteiger partial charge in [0.15, 0.2) is 5.11 Å². The number of hydrogen-bond acceptors (Lipinski definition) is 6. The van der Waals surface area contributed by atoms with Gasteiger partial charge in [-0.25, -0.2) is 0 Å². The molecule has 0 unspecified atom stereocenters. The second-order valence-electron chi connectivity index (χ2n) is 7.74. The molecule has 2 aliphatic heterocycles. The minimum absolute atomic E-state index is 0. The van der Waals surface area contributed by atoms with Gasteiger partial charge in [-0.1, -0.05) is 17.7 Å². The van der Waals surface area contributed by atoms with Crippen molar-refractivity contribution in [3.05, 3.63) is 68.2 Å². The molecule has 2 aliphatic rings. The summed E-state index contributed by atoms with van der Waals surface area (Å²) in [5.74, 6) is -1.29. The Morgan fingerprint density at radius 3 is 2.53 bits per heavy atom. The van der Waals surface area contributed by atoms with Gasteiger partial charge >= 0.3 is 0 Å². The Hall–Kier alpha value is -3.05. The van der Waals surface area contributed by atoms with Gasteiger partial charge in [0.25, 0.3) is 17.5 Å². The van der Waals surface area contributed by atoms with Gasteiger partial charge < -0.3 is 22.6 Å². The highest BCUT2D eigenvalue weighted by Gasteiger charge is 2.35. The zero-order valence-electron chi connectivity index (χ0n) is 18.1. The van der Waals surface area contributed by atoms with Crippen LogP contribution in [0.5, 0.6) is 0 Å². The fourth-order valence-electron chi connectivity index (χ4n) is 3.82. The van der Waals surface area contributed by atoms with Crippen LogP contribution in [0.4, 0.5) is 17.1 Å². The molecule has 4 rings (SSSR count). The van der Waals surface area contributed by atoms with Crippen LogP contribution >= 0.6 is 23.8 Å². The predicted octanol–water partition coefficient (Wildman–Crippen LogP) is -1.22. The highest BCUT2D eigenvalue weighted by atomic mass is 35.5. The first-order valence-electron chi connectivity index (χ1n) is 10.3. The number of nitrogens with two attached hydrogens (primary N) is 1. The number of carbonyl (C=O) groups excluding carboxylic acids is 2. The van der Waals surface area contributed by atoms with Crippen molar-refractivity contribution in [1.29, 1.82) is 0 Å². The number of carbonyl (C=O) groups is 2. The maximum Gasteiger partial charge on any atom is 0.270 e. The third-order valence-corrected chi connectivity index (χ3v) is 6.28. The summed E-state index contributed by atoms with van der Waals surface area (Å²) >= 11 is 11.5. The molecule has 0 atom stereocenters. The number of nitrogens with zero attached hydrogens (tertiary/aromatic N) is 3. The number of quaternary nitrogens is 1. The minimum Gasteiger partial charge on any atom is -1.00 e. The van der Waals surface area contributed by atoms with Gasteiger partial charge in [-0.15, -0.1) is 0 Å². The number of thiocarbonyl (C=S) groups is 1. The Balaban J connectivity index is 0.00000324. The van der Waals surface area contributed by atoms with E-state index in [1.54, 1.807) is 24.3 Å². The lowest BCUT2D eigenvalue weighted by Crippen LogP contribution is -3.00. The second kappa shape index (κ2) is 10.5. The normalized spacial score (nSPS) is 17.5. The van der Waals surface area contributed by atoms with E-state index < -0.39 is 16.7 Å². The molecular weight excluding hydrogens is 501 g/mol. The largest absolute Gasteiger partial charge is 1.00 e. The molecule has 0 saturated carbocycles. The van der Waals surface area contributed by atoms with Gasteiger partial charge in [-0.05, 0) is 49.0 Å². The summed E-state index contributed by atoms with van der Waals surface area (Å²) in [5.41, 5.74) is 2.08. The third kappa shape index (κ3) is 5.05. The van der Waals surface area contributed by atoms with Crippen LogP contribution in [0, 0.1) is 17.0 Å². The van der Waals surface area contributed by atoms with Crippen LogP contribution in [0.15, 0.2) is 42.0 Å². The van der Waals surface area contributed by atoms with E-state index in [0.717, 1.165) is 37.4 Å². The Labute approximate surface area is 212 Å². The monoisotopic (exact) mass is 521 g/mol. The number of nitro groups is 1. The van der Waals surface area contributed by atoms with E-state index in [0.29, 0.717) is 16.3 Å². The number of rotatable bonds is 4. The van der Waals surface area contributed by atoms with Crippen molar-refractivity contribution < 1.29 is 32.2 Å². The highest BCUT2D eigenvalue weighted by molar-refractivity contribution is 7.80. The van der Waals surface area contributed by atoms with Gasteiger partial charge in [-0.3, -0.25) is 29.9 Å². The van der Waals surface area contributed by atoms with Crippen molar-refractivity contribution in [2.45, 2.75) is 6.92 Å². The first-order valence-corrected chi connectivity index (χ1v) is 11.1.